The summed E-state index contributed by atoms with van der Waals surface area (Å²) in [7, 11) is 1.44. The average Bonchev–Trinajstić information content (AvgIpc) is 2.00. The van der Waals surface area contributed by atoms with Crippen molar-refractivity contribution in [2.45, 2.75) is 12.6 Å². The van der Waals surface area contributed by atoms with Crippen LogP contribution in [0.5, 0.6) is 0 Å². The molecule has 0 aliphatic rings. The van der Waals surface area contributed by atoms with E-state index >= 15 is 0 Å². The minimum atomic E-state index is -4.37. The minimum absolute atomic E-state index is 0.0552. The molecule has 0 aromatic carbocycles. The first-order valence-electron chi connectivity index (χ1n) is 4.35. The highest BCUT2D eigenvalue weighted by Gasteiger charge is 2.31. The molecule has 0 saturated heterocycles. The molecule has 4 nitrogen and oxygen atoms in total. The second-order valence-corrected chi connectivity index (χ2v) is 3.07. The number of nitrogens with zero attached hydrogens (tertiary/aromatic N) is 1. The molecular weight excluding hydrogens is 215 g/mol. The topological polar surface area (TPSA) is 49.8 Å². The molecule has 0 fully saturated rings. The Morgan fingerprint density at radius 3 is 2.47 bits per heavy atom. The highest BCUT2D eigenvalue weighted by Crippen LogP contribution is 2.16. The van der Waals surface area contributed by atoms with Crippen molar-refractivity contribution in [1.29, 1.82) is 0 Å². The van der Waals surface area contributed by atoms with Gasteiger partial charge < -0.3 is 9.84 Å². The van der Waals surface area contributed by atoms with Crippen molar-refractivity contribution in [3.05, 3.63) is 0 Å². The normalized spacial score (nSPS) is 12.1. The number of hydrogen-bond donors (Lipinski definition) is 1. The van der Waals surface area contributed by atoms with E-state index in [4.69, 9.17) is 5.11 Å². The highest BCUT2D eigenvalue weighted by molar-refractivity contribution is 5.69. The number of alkyl halides is 3. The van der Waals surface area contributed by atoms with Gasteiger partial charge >= 0.3 is 12.1 Å². The maximum Gasteiger partial charge on any atom is 0.401 e. The van der Waals surface area contributed by atoms with E-state index in [9.17, 15) is 18.0 Å². The van der Waals surface area contributed by atoms with Gasteiger partial charge in [-0.2, -0.15) is 13.2 Å². The van der Waals surface area contributed by atoms with Gasteiger partial charge in [-0.1, -0.05) is 0 Å². The molecular formula is C8H14F3NO3. The monoisotopic (exact) mass is 229 g/mol. The van der Waals surface area contributed by atoms with E-state index in [-0.39, 0.29) is 6.54 Å². The quantitative estimate of drug-likeness (QED) is 0.661. The third-order valence-electron chi connectivity index (χ3n) is 1.58. The summed E-state index contributed by atoms with van der Waals surface area (Å²) in [6.45, 7) is -1.44. The lowest BCUT2D eigenvalue weighted by atomic mass is 10.3. The van der Waals surface area contributed by atoms with E-state index in [0.717, 1.165) is 4.90 Å². The van der Waals surface area contributed by atoms with Crippen LogP contribution in [0.25, 0.3) is 0 Å². The summed E-state index contributed by atoms with van der Waals surface area (Å²) in [6.07, 6.45) is -4.00. The molecule has 0 heterocycles. The molecule has 90 valence electrons. The maximum atomic E-state index is 12.0. The van der Waals surface area contributed by atoms with Crippen LogP contribution in [0.4, 0.5) is 13.2 Å². The zero-order chi connectivity index (χ0) is 11.9. The van der Waals surface area contributed by atoms with Gasteiger partial charge in [0.2, 0.25) is 0 Å². The molecule has 0 aromatic heterocycles. The van der Waals surface area contributed by atoms with Gasteiger partial charge in [-0.15, -0.1) is 0 Å². The number of ether oxygens (including phenoxy) is 1. The van der Waals surface area contributed by atoms with Crippen molar-refractivity contribution in [3.63, 3.8) is 0 Å². The van der Waals surface area contributed by atoms with Crippen LogP contribution < -0.4 is 0 Å². The molecule has 0 unspecified atom stereocenters. The van der Waals surface area contributed by atoms with E-state index in [2.05, 4.69) is 4.74 Å². The summed E-state index contributed by atoms with van der Waals surface area (Å²) in [5, 5.41) is 8.40. The fourth-order valence-corrected chi connectivity index (χ4v) is 1.09. The summed E-state index contributed by atoms with van der Waals surface area (Å²) in [5.74, 6) is -1.27. The van der Waals surface area contributed by atoms with E-state index in [1.165, 1.54) is 7.11 Å². The molecule has 0 aliphatic heterocycles. The molecule has 0 aliphatic carbocycles. The van der Waals surface area contributed by atoms with Gasteiger partial charge in [-0.25, -0.2) is 0 Å². The minimum Gasteiger partial charge on any atom is -0.480 e. The molecule has 0 amide bonds. The van der Waals surface area contributed by atoms with Crippen LogP contribution in [0, 0.1) is 0 Å². The van der Waals surface area contributed by atoms with Crippen LogP contribution in [-0.2, 0) is 9.53 Å². The first-order chi connectivity index (χ1) is 6.85. The lowest BCUT2D eigenvalue weighted by molar-refractivity contribution is -0.154. The van der Waals surface area contributed by atoms with Crippen molar-refractivity contribution in [3.8, 4) is 0 Å². The Labute approximate surface area is 85.6 Å². The van der Waals surface area contributed by atoms with E-state index < -0.39 is 25.2 Å². The fraction of sp³-hybridized carbons (Fsp3) is 0.875. The Kier molecular flexibility index (Phi) is 6.26. The van der Waals surface area contributed by atoms with Crippen molar-refractivity contribution in [2.75, 3.05) is 33.4 Å². The molecule has 15 heavy (non-hydrogen) atoms. The van der Waals surface area contributed by atoms with E-state index in [1.807, 2.05) is 0 Å². The molecule has 0 atom stereocenters. The van der Waals surface area contributed by atoms with Crippen molar-refractivity contribution < 1.29 is 27.8 Å². The largest absolute Gasteiger partial charge is 0.480 e. The number of aliphatic carboxylic acids is 1. The molecule has 0 aromatic rings. The summed E-state index contributed by atoms with van der Waals surface area (Å²) < 4.78 is 40.7. The van der Waals surface area contributed by atoms with Crippen molar-refractivity contribution in [2.24, 2.45) is 0 Å². The molecule has 0 bridgehead atoms. The lowest BCUT2D eigenvalue weighted by Gasteiger charge is -2.21. The molecule has 7 heteroatoms. The Morgan fingerprint density at radius 2 is 2.07 bits per heavy atom. The third-order valence-corrected chi connectivity index (χ3v) is 1.58. The zero-order valence-electron chi connectivity index (χ0n) is 8.38. The number of methoxy groups -OCH3 is 1. The number of hydrogen-bond acceptors (Lipinski definition) is 3. The highest BCUT2D eigenvalue weighted by atomic mass is 19.4. The average molecular weight is 229 g/mol. The first-order valence-corrected chi connectivity index (χ1v) is 4.35. The van der Waals surface area contributed by atoms with E-state index in [0.29, 0.717) is 13.0 Å². The van der Waals surface area contributed by atoms with Gasteiger partial charge in [0, 0.05) is 20.3 Å². The predicted molar refractivity (Wildman–Crippen MR) is 46.6 cm³/mol. The van der Waals surface area contributed by atoms with Crippen LogP contribution in [0.1, 0.15) is 6.42 Å². The predicted octanol–water partition coefficient (Wildman–Crippen LogP) is 0.972. The molecule has 0 radical (unpaired) electrons. The smallest absolute Gasteiger partial charge is 0.401 e. The van der Waals surface area contributed by atoms with Gasteiger partial charge in [-0.05, 0) is 6.42 Å². The van der Waals surface area contributed by atoms with Crippen LogP contribution in [0.3, 0.4) is 0 Å². The number of carbonyl (C=O) groups is 1. The lowest BCUT2D eigenvalue weighted by Crippen LogP contribution is -2.38. The first kappa shape index (κ1) is 14.2. The van der Waals surface area contributed by atoms with Crippen molar-refractivity contribution >= 4 is 5.97 Å². The molecule has 0 spiro atoms. The van der Waals surface area contributed by atoms with Crippen molar-refractivity contribution in [1.82, 2.24) is 4.90 Å². The number of halogens is 3. The van der Waals surface area contributed by atoms with Crippen LogP contribution in [-0.4, -0.2) is 55.5 Å². The molecule has 1 N–H and O–H groups in total. The summed E-state index contributed by atoms with van der Waals surface area (Å²) in [5.41, 5.74) is 0. The molecule has 0 rings (SSSR count). The second-order valence-electron chi connectivity index (χ2n) is 3.07. The number of carboxylic acid groups (broad SMARTS) is 1. The number of rotatable bonds is 7. The van der Waals surface area contributed by atoms with Crippen LogP contribution >= 0.6 is 0 Å². The van der Waals surface area contributed by atoms with Gasteiger partial charge in [0.15, 0.2) is 0 Å². The second kappa shape index (κ2) is 6.62. The third kappa shape index (κ3) is 9.48. The van der Waals surface area contributed by atoms with Gasteiger partial charge in [0.1, 0.15) is 0 Å². The Balaban J connectivity index is 4.01. The SMILES string of the molecule is COCCCN(CC(=O)O)CC(F)(F)F. The molecule has 0 saturated carbocycles. The van der Waals surface area contributed by atoms with Gasteiger partial charge in [0.05, 0.1) is 13.1 Å². The van der Waals surface area contributed by atoms with E-state index in [1.54, 1.807) is 0 Å². The van der Waals surface area contributed by atoms with Crippen LogP contribution in [0.2, 0.25) is 0 Å². The van der Waals surface area contributed by atoms with Gasteiger partial charge in [0.25, 0.3) is 0 Å². The summed E-state index contributed by atoms with van der Waals surface area (Å²) in [4.78, 5) is 11.1. The fourth-order valence-electron chi connectivity index (χ4n) is 1.09. The number of carboxylic acids is 1. The standard InChI is InChI=1S/C8H14F3NO3/c1-15-4-2-3-12(5-7(13)14)6-8(9,10)11/h2-6H2,1H3,(H,13,14). The summed E-state index contributed by atoms with van der Waals surface area (Å²) in [6, 6.07) is 0. The van der Waals surface area contributed by atoms with Gasteiger partial charge in [-0.3, -0.25) is 9.69 Å². The van der Waals surface area contributed by atoms with Crippen LogP contribution in [0.15, 0.2) is 0 Å². The summed E-state index contributed by atoms with van der Waals surface area (Å²) >= 11 is 0. The Hall–Kier alpha value is -0.820. The Morgan fingerprint density at radius 1 is 1.47 bits per heavy atom. The maximum absolute atomic E-state index is 12.0. The Bertz CT molecular complexity index is 196. The zero-order valence-corrected chi connectivity index (χ0v) is 8.38.